The highest BCUT2D eigenvalue weighted by atomic mass is 32.1. The summed E-state index contributed by atoms with van der Waals surface area (Å²) in [7, 11) is 0. The second-order valence-electron chi connectivity index (χ2n) is 6.08. The summed E-state index contributed by atoms with van der Waals surface area (Å²) in [4.78, 5) is 17.4. The molecule has 3 rings (SSSR count). The lowest BCUT2D eigenvalue weighted by molar-refractivity contribution is -0.142. The van der Waals surface area contributed by atoms with E-state index in [1.165, 1.54) is 11.3 Å². The Morgan fingerprint density at radius 1 is 1.44 bits per heavy atom. The SMILES string of the molecule is C#C[C@@](C)(CC)NC(=O)c1cnn2c(C(F)(F)F)cc(-c3cccs3)nc12. The highest BCUT2D eigenvalue weighted by Crippen LogP contribution is 2.33. The van der Waals surface area contributed by atoms with E-state index in [2.05, 4.69) is 21.3 Å². The number of thiophene rings is 1. The quantitative estimate of drug-likeness (QED) is 0.683. The van der Waals surface area contributed by atoms with Crippen LogP contribution < -0.4 is 5.32 Å². The molecule has 5 nitrogen and oxygen atoms in total. The highest BCUT2D eigenvalue weighted by molar-refractivity contribution is 7.13. The Morgan fingerprint density at radius 2 is 2.19 bits per heavy atom. The molecule has 3 aromatic rings. The number of carbonyl (C=O) groups is 1. The molecule has 0 saturated heterocycles. The van der Waals surface area contributed by atoms with E-state index in [4.69, 9.17) is 6.42 Å². The number of carbonyl (C=O) groups excluding carboxylic acids is 1. The predicted octanol–water partition coefficient (Wildman–Crippen LogP) is 4.01. The Balaban J connectivity index is 2.18. The number of amides is 1. The molecule has 1 N–H and O–H groups in total. The number of alkyl halides is 3. The lowest BCUT2D eigenvalue weighted by atomic mass is 10.00. The van der Waals surface area contributed by atoms with Crippen molar-refractivity contribution in [2.24, 2.45) is 0 Å². The summed E-state index contributed by atoms with van der Waals surface area (Å²) in [5.41, 5.74) is -2.07. The summed E-state index contributed by atoms with van der Waals surface area (Å²) < 4.78 is 41.2. The van der Waals surface area contributed by atoms with Crippen LogP contribution in [0.3, 0.4) is 0 Å². The molecule has 0 aliphatic heterocycles. The van der Waals surface area contributed by atoms with Crippen LogP contribution in [0.5, 0.6) is 0 Å². The van der Waals surface area contributed by atoms with Crippen LogP contribution in [0.2, 0.25) is 0 Å². The molecule has 0 aromatic carbocycles. The molecule has 9 heteroatoms. The first-order valence-electron chi connectivity index (χ1n) is 7.98. The van der Waals surface area contributed by atoms with Gasteiger partial charge in [0.05, 0.1) is 22.3 Å². The number of nitrogens with zero attached hydrogens (tertiary/aromatic N) is 3. The third-order valence-corrected chi connectivity index (χ3v) is 5.09. The van der Waals surface area contributed by atoms with Crippen molar-refractivity contribution in [3.8, 4) is 22.9 Å². The lowest BCUT2D eigenvalue weighted by Gasteiger charge is -2.22. The number of halogens is 3. The van der Waals surface area contributed by atoms with Crippen LogP contribution in [0.25, 0.3) is 16.2 Å². The van der Waals surface area contributed by atoms with Gasteiger partial charge in [-0.05, 0) is 30.9 Å². The van der Waals surface area contributed by atoms with Gasteiger partial charge in [-0.15, -0.1) is 17.8 Å². The number of fused-ring (bicyclic) bond motifs is 1. The Kier molecular flexibility index (Phi) is 4.70. The Bertz CT molecular complexity index is 1030. The van der Waals surface area contributed by atoms with Gasteiger partial charge in [0.1, 0.15) is 5.56 Å². The smallest absolute Gasteiger partial charge is 0.336 e. The molecule has 1 atom stereocenters. The van der Waals surface area contributed by atoms with Gasteiger partial charge in [0.15, 0.2) is 11.3 Å². The molecule has 27 heavy (non-hydrogen) atoms. The lowest BCUT2D eigenvalue weighted by Crippen LogP contribution is -2.44. The van der Waals surface area contributed by atoms with Crippen LogP contribution >= 0.6 is 11.3 Å². The van der Waals surface area contributed by atoms with Gasteiger partial charge in [0, 0.05) is 0 Å². The summed E-state index contributed by atoms with van der Waals surface area (Å²) in [5.74, 6) is 1.85. The predicted molar refractivity (Wildman–Crippen MR) is 96.3 cm³/mol. The van der Waals surface area contributed by atoms with Crippen LogP contribution in [0.4, 0.5) is 13.2 Å². The zero-order chi connectivity index (χ0) is 19.8. The normalized spacial score (nSPS) is 13.9. The summed E-state index contributed by atoms with van der Waals surface area (Å²) in [6, 6.07) is 4.29. The van der Waals surface area contributed by atoms with Crippen molar-refractivity contribution >= 4 is 22.9 Å². The molecule has 0 bridgehead atoms. The molecular weight excluding hydrogens is 377 g/mol. The van der Waals surface area contributed by atoms with E-state index in [0.29, 0.717) is 15.8 Å². The Labute approximate surface area is 157 Å². The third kappa shape index (κ3) is 3.53. The van der Waals surface area contributed by atoms with Gasteiger partial charge in [-0.2, -0.15) is 18.3 Å². The van der Waals surface area contributed by atoms with Crippen LogP contribution in [0.1, 0.15) is 36.3 Å². The van der Waals surface area contributed by atoms with Crippen molar-refractivity contribution in [2.75, 3.05) is 0 Å². The van der Waals surface area contributed by atoms with Gasteiger partial charge in [0.2, 0.25) is 0 Å². The van der Waals surface area contributed by atoms with Crippen molar-refractivity contribution in [3.05, 3.63) is 41.0 Å². The molecule has 0 aliphatic rings. The number of nitrogens with one attached hydrogen (secondary N) is 1. The van der Waals surface area contributed by atoms with Crippen LogP contribution in [-0.4, -0.2) is 26.0 Å². The molecule has 0 fully saturated rings. The number of terminal acetylenes is 1. The minimum absolute atomic E-state index is 0.0752. The Morgan fingerprint density at radius 3 is 2.74 bits per heavy atom. The number of hydrogen-bond acceptors (Lipinski definition) is 4. The summed E-state index contributed by atoms with van der Waals surface area (Å²) in [5, 5.41) is 8.12. The zero-order valence-corrected chi connectivity index (χ0v) is 15.3. The second-order valence-corrected chi connectivity index (χ2v) is 7.03. The minimum atomic E-state index is -4.66. The van der Waals surface area contributed by atoms with Crippen molar-refractivity contribution in [1.29, 1.82) is 0 Å². The van der Waals surface area contributed by atoms with Gasteiger partial charge < -0.3 is 5.32 Å². The average Bonchev–Trinajstić information content (AvgIpc) is 3.29. The van der Waals surface area contributed by atoms with Gasteiger partial charge >= 0.3 is 6.18 Å². The van der Waals surface area contributed by atoms with E-state index in [-0.39, 0.29) is 16.9 Å². The van der Waals surface area contributed by atoms with E-state index >= 15 is 0 Å². The monoisotopic (exact) mass is 392 g/mol. The fraction of sp³-hybridized carbons (Fsp3) is 0.278. The molecule has 1 amide bonds. The maximum Gasteiger partial charge on any atom is 0.433 e. The maximum atomic E-state index is 13.5. The summed E-state index contributed by atoms with van der Waals surface area (Å²) >= 11 is 1.25. The largest absolute Gasteiger partial charge is 0.433 e. The van der Waals surface area contributed by atoms with E-state index in [9.17, 15) is 18.0 Å². The molecule has 0 aliphatic carbocycles. The molecular formula is C18H15F3N4OS. The van der Waals surface area contributed by atoms with Crippen molar-refractivity contribution in [3.63, 3.8) is 0 Å². The summed E-state index contributed by atoms with van der Waals surface area (Å²) in [6.07, 6.45) is 2.31. The molecule has 0 spiro atoms. The molecule has 3 heterocycles. The molecule has 140 valence electrons. The second kappa shape index (κ2) is 6.70. The standard InChI is InChI=1S/C18H15F3N4OS/c1-4-17(3,5-2)24-16(26)11-10-22-25-14(18(19,20)21)9-12(23-15(11)25)13-7-6-8-27-13/h1,6-10H,5H2,2-3H3,(H,24,26)/t17-/m0/s1. The van der Waals surface area contributed by atoms with E-state index in [0.717, 1.165) is 12.3 Å². The van der Waals surface area contributed by atoms with Gasteiger partial charge in [-0.25, -0.2) is 9.50 Å². The molecule has 0 saturated carbocycles. The maximum absolute atomic E-state index is 13.5. The van der Waals surface area contributed by atoms with E-state index < -0.39 is 23.3 Å². The van der Waals surface area contributed by atoms with Crippen molar-refractivity contribution in [2.45, 2.75) is 32.0 Å². The Hall–Kier alpha value is -2.86. The first-order valence-corrected chi connectivity index (χ1v) is 8.86. The first-order chi connectivity index (χ1) is 12.7. The van der Waals surface area contributed by atoms with Crippen LogP contribution in [0.15, 0.2) is 29.8 Å². The summed E-state index contributed by atoms with van der Waals surface area (Å²) in [6.45, 7) is 3.45. The van der Waals surface area contributed by atoms with Crippen LogP contribution in [0, 0.1) is 12.3 Å². The van der Waals surface area contributed by atoms with E-state index in [1.807, 2.05) is 0 Å². The minimum Gasteiger partial charge on any atom is -0.336 e. The van der Waals surface area contributed by atoms with Crippen LogP contribution in [-0.2, 0) is 6.18 Å². The zero-order valence-electron chi connectivity index (χ0n) is 14.5. The van der Waals surface area contributed by atoms with Gasteiger partial charge in [0.25, 0.3) is 5.91 Å². The van der Waals surface area contributed by atoms with Gasteiger partial charge in [-0.1, -0.05) is 18.9 Å². The molecule has 0 unspecified atom stereocenters. The topological polar surface area (TPSA) is 59.3 Å². The van der Waals surface area contributed by atoms with E-state index in [1.54, 1.807) is 31.4 Å². The first kappa shape index (κ1) is 18.9. The fourth-order valence-corrected chi connectivity index (χ4v) is 3.11. The highest BCUT2D eigenvalue weighted by Gasteiger charge is 2.36. The number of rotatable bonds is 4. The molecule has 0 radical (unpaired) electrons. The van der Waals surface area contributed by atoms with Gasteiger partial charge in [-0.3, -0.25) is 4.79 Å². The fourth-order valence-electron chi connectivity index (χ4n) is 2.42. The number of aromatic nitrogens is 3. The average molecular weight is 392 g/mol. The molecule has 3 aromatic heterocycles. The van der Waals surface area contributed by atoms with Crippen molar-refractivity contribution in [1.82, 2.24) is 19.9 Å². The van der Waals surface area contributed by atoms with Crippen molar-refractivity contribution < 1.29 is 18.0 Å². The third-order valence-electron chi connectivity index (χ3n) is 4.20. The number of hydrogen-bond donors (Lipinski definition) is 1.